The lowest BCUT2D eigenvalue weighted by molar-refractivity contribution is -0.140. The van der Waals surface area contributed by atoms with E-state index in [1.807, 2.05) is 20.8 Å². The third kappa shape index (κ3) is 5.53. The normalized spacial score (nSPS) is 13.5. The summed E-state index contributed by atoms with van der Waals surface area (Å²) in [7, 11) is 0. The van der Waals surface area contributed by atoms with Crippen LogP contribution in [0, 0.1) is 11.7 Å². The van der Waals surface area contributed by atoms with Crippen LogP contribution >= 0.6 is 0 Å². The van der Waals surface area contributed by atoms with E-state index in [9.17, 15) is 17.6 Å². The van der Waals surface area contributed by atoms with Crippen LogP contribution in [0.25, 0.3) is 0 Å². The molecule has 0 heterocycles. The SMILES string of the molecule is CCCNCC(Oc1ccc(F)c(C(F)(F)F)c1)C(C)C. The fourth-order valence-electron chi connectivity index (χ4n) is 1.80. The number of benzene rings is 1. The molecule has 0 radical (unpaired) electrons. The Balaban J connectivity index is 2.84. The highest BCUT2D eigenvalue weighted by Gasteiger charge is 2.34. The van der Waals surface area contributed by atoms with E-state index in [0.717, 1.165) is 19.0 Å². The molecular formula is C15H21F4NO. The predicted molar refractivity (Wildman–Crippen MR) is 73.8 cm³/mol. The Hall–Kier alpha value is -1.30. The van der Waals surface area contributed by atoms with Crippen molar-refractivity contribution in [1.82, 2.24) is 5.32 Å². The van der Waals surface area contributed by atoms with Gasteiger partial charge in [0.1, 0.15) is 17.7 Å². The summed E-state index contributed by atoms with van der Waals surface area (Å²) in [5, 5.41) is 3.17. The summed E-state index contributed by atoms with van der Waals surface area (Å²) in [5.41, 5.74) is -1.30. The fraction of sp³-hybridized carbons (Fsp3) is 0.600. The number of nitrogens with one attached hydrogen (secondary N) is 1. The molecule has 120 valence electrons. The Morgan fingerprint density at radius 1 is 1.24 bits per heavy atom. The summed E-state index contributed by atoms with van der Waals surface area (Å²) < 4.78 is 56.8. The van der Waals surface area contributed by atoms with Crippen molar-refractivity contribution in [2.45, 2.75) is 39.5 Å². The van der Waals surface area contributed by atoms with Crippen molar-refractivity contribution < 1.29 is 22.3 Å². The lowest BCUT2D eigenvalue weighted by Crippen LogP contribution is -2.35. The number of halogens is 4. The van der Waals surface area contributed by atoms with Crippen LogP contribution in [0.15, 0.2) is 18.2 Å². The molecule has 0 spiro atoms. The second-order valence-electron chi connectivity index (χ2n) is 5.24. The lowest BCUT2D eigenvalue weighted by atomic mass is 10.1. The van der Waals surface area contributed by atoms with Gasteiger partial charge in [0.25, 0.3) is 0 Å². The molecule has 2 nitrogen and oxygen atoms in total. The van der Waals surface area contributed by atoms with Crippen molar-refractivity contribution in [3.8, 4) is 5.75 Å². The van der Waals surface area contributed by atoms with Crippen LogP contribution in [0.2, 0.25) is 0 Å². The first-order valence-corrected chi connectivity index (χ1v) is 6.99. The molecule has 1 rings (SSSR count). The summed E-state index contributed by atoms with van der Waals surface area (Å²) in [6, 6.07) is 2.72. The lowest BCUT2D eigenvalue weighted by Gasteiger charge is -2.23. The number of rotatable bonds is 7. The maximum atomic E-state index is 13.2. The quantitative estimate of drug-likeness (QED) is 0.601. The molecular weight excluding hydrogens is 286 g/mol. The van der Waals surface area contributed by atoms with Gasteiger partial charge in [0, 0.05) is 6.54 Å². The Bertz CT molecular complexity index is 446. The summed E-state index contributed by atoms with van der Waals surface area (Å²) in [4.78, 5) is 0. The van der Waals surface area contributed by atoms with Gasteiger partial charge < -0.3 is 10.1 Å². The smallest absolute Gasteiger partial charge is 0.419 e. The number of hydrogen-bond acceptors (Lipinski definition) is 2. The van der Waals surface area contributed by atoms with Gasteiger partial charge in [0.2, 0.25) is 0 Å². The molecule has 0 aliphatic rings. The maximum absolute atomic E-state index is 13.2. The zero-order valence-corrected chi connectivity index (χ0v) is 12.4. The minimum absolute atomic E-state index is 0.0284. The zero-order valence-electron chi connectivity index (χ0n) is 12.4. The molecule has 0 aromatic heterocycles. The average Bonchev–Trinajstić information content (AvgIpc) is 2.38. The highest BCUT2D eigenvalue weighted by atomic mass is 19.4. The molecule has 0 bridgehead atoms. The fourth-order valence-corrected chi connectivity index (χ4v) is 1.80. The summed E-state index contributed by atoms with van der Waals surface area (Å²) in [5.74, 6) is -1.14. The first kappa shape index (κ1) is 17.8. The highest BCUT2D eigenvalue weighted by molar-refractivity contribution is 5.31. The van der Waals surface area contributed by atoms with Crippen LogP contribution in [-0.4, -0.2) is 19.2 Å². The predicted octanol–water partition coefficient (Wildman–Crippen LogP) is 4.25. The van der Waals surface area contributed by atoms with E-state index < -0.39 is 17.6 Å². The molecule has 1 atom stereocenters. The van der Waals surface area contributed by atoms with Gasteiger partial charge in [-0.1, -0.05) is 20.8 Å². The maximum Gasteiger partial charge on any atom is 0.419 e. The summed E-state index contributed by atoms with van der Waals surface area (Å²) >= 11 is 0. The molecule has 1 aromatic carbocycles. The van der Waals surface area contributed by atoms with Crippen molar-refractivity contribution >= 4 is 0 Å². The number of ether oxygens (including phenoxy) is 1. The van der Waals surface area contributed by atoms with E-state index in [-0.39, 0.29) is 17.8 Å². The Morgan fingerprint density at radius 3 is 2.43 bits per heavy atom. The van der Waals surface area contributed by atoms with Crippen molar-refractivity contribution in [1.29, 1.82) is 0 Å². The zero-order chi connectivity index (χ0) is 16.0. The molecule has 1 N–H and O–H groups in total. The molecule has 0 amide bonds. The minimum atomic E-state index is -4.72. The van der Waals surface area contributed by atoms with Crippen molar-refractivity contribution in [2.24, 2.45) is 5.92 Å². The summed E-state index contributed by atoms with van der Waals surface area (Å²) in [6.07, 6.45) is -4.04. The second-order valence-corrected chi connectivity index (χ2v) is 5.24. The molecule has 21 heavy (non-hydrogen) atoms. The van der Waals surface area contributed by atoms with E-state index in [4.69, 9.17) is 4.74 Å². The van der Waals surface area contributed by atoms with Gasteiger partial charge in [0.05, 0.1) is 5.56 Å². The molecule has 1 aromatic rings. The van der Waals surface area contributed by atoms with Gasteiger partial charge in [-0.15, -0.1) is 0 Å². The third-order valence-corrected chi connectivity index (χ3v) is 3.05. The first-order chi connectivity index (χ1) is 9.75. The van der Waals surface area contributed by atoms with Crippen LogP contribution in [0.4, 0.5) is 17.6 Å². The van der Waals surface area contributed by atoms with Crippen LogP contribution in [-0.2, 0) is 6.18 Å². The van der Waals surface area contributed by atoms with Gasteiger partial charge in [-0.3, -0.25) is 0 Å². The van der Waals surface area contributed by atoms with E-state index in [1.165, 1.54) is 6.07 Å². The van der Waals surface area contributed by atoms with Crippen LogP contribution in [0.1, 0.15) is 32.8 Å². The molecule has 1 unspecified atom stereocenters. The van der Waals surface area contributed by atoms with Crippen molar-refractivity contribution in [3.63, 3.8) is 0 Å². The van der Waals surface area contributed by atoms with Gasteiger partial charge in [-0.25, -0.2) is 4.39 Å². The van der Waals surface area contributed by atoms with Gasteiger partial charge in [-0.05, 0) is 37.1 Å². The van der Waals surface area contributed by atoms with Gasteiger partial charge in [-0.2, -0.15) is 13.2 Å². The largest absolute Gasteiger partial charge is 0.489 e. The summed E-state index contributed by atoms with van der Waals surface area (Å²) in [6.45, 7) is 7.21. The topological polar surface area (TPSA) is 21.3 Å². The first-order valence-electron chi connectivity index (χ1n) is 6.99. The molecule has 0 saturated heterocycles. The Morgan fingerprint density at radius 2 is 1.90 bits per heavy atom. The van der Waals surface area contributed by atoms with E-state index >= 15 is 0 Å². The van der Waals surface area contributed by atoms with Crippen molar-refractivity contribution in [3.05, 3.63) is 29.6 Å². The molecule has 6 heteroatoms. The van der Waals surface area contributed by atoms with E-state index in [0.29, 0.717) is 12.6 Å². The average molecular weight is 307 g/mol. The number of hydrogen-bond donors (Lipinski definition) is 1. The second kappa shape index (κ2) is 7.64. The van der Waals surface area contributed by atoms with E-state index in [2.05, 4.69) is 5.32 Å². The number of alkyl halides is 3. The molecule has 0 aliphatic heterocycles. The Kier molecular flexibility index (Phi) is 6.45. The van der Waals surface area contributed by atoms with Crippen molar-refractivity contribution in [2.75, 3.05) is 13.1 Å². The monoisotopic (exact) mass is 307 g/mol. The van der Waals surface area contributed by atoms with Gasteiger partial charge in [0.15, 0.2) is 0 Å². The van der Waals surface area contributed by atoms with Crippen LogP contribution < -0.4 is 10.1 Å². The molecule has 0 aliphatic carbocycles. The molecule has 0 fully saturated rings. The van der Waals surface area contributed by atoms with Gasteiger partial charge >= 0.3 is 6.18 Å². The molecule has 0 saturated carbocycles. The standard InChI is InChI=1S/C15H21F4NO/c1-4-7-20-9-14(10(2)3)21-11-5-6-13(16)12(8-11)15(17,18)19/h5-6,8,10,14,20H,4,7,9H2,1-3H3. The van der Waals surface area contributed by atoms with Crippen LogP contribution in [0.3, 0.4) is 0 Å². The van der Waals surface area contributed by atoms with Crippen LogP contribution in [0.5, 0.6) is 5.75 Å². The third-order valence-electron chi connectivity index (χ3n) is 3.05. The van der Waals surface area contributed by atoms with E-state index in [1.54, 1.807) is 0 Å². The Labute approximate surface area is 122 Å². The minimum Gasteiger partial charge on any atom is -0.489 e. The highest BCUT2D eigenvalue weighted by Crippen LogP contribution is 2.34.